The third-order valence-corrected chi connectivity index (χ3v) is 5.62. The maximum atomic E-state index is 12.8. The number of carbonyl (C=O) groups excluding carboxylic acids is 1. The molecule has 1 aliphatic heterocycles. The Kier molecular flexibility index (Phi) is 4.08. The molecule has 0 bridgehead atoms. The Morgan fingerprint density at radius 1 is 1.23 bits per heavy atom. The molecule has 1 aliphatic rings. The van der Waals surface area contributed by atoms with Crippen LogP contribution in [0.5, 0.6) is 0 Å². The number of amides is 1. The third kappa shape index (κ3) is 2.90. The van der Waals surface area contributed by atoms with Gasteiger partial charge in [-0.15, -0.1) is 0 Å². The van der Waals surface area contributed by atoms with Gasteiger partial charge in [0.2, 0.25) is 0 Å². The minimum absolute atomic E-state index is 0.0323. The number of carboxylic acid groups (broad SMARTS) is 1. The summed E-state index contributed by atoms with van der Waals surface area (Å²) in [6.45, 7) is 1.12. The second-order valence-electron chi connectivity index (χ2n) is 6.36. The van der Waals surface area contributed by atoms with Crippen LogP contribution < -0.4 is 5.73 Å². The molecule has 0 saturated carbocycles. The highest BCUT2D eigenvalue weighted by Gasteiger charge is 2.30. The molecule has 3 N–H and O–H groups in total. The fourth-order valence-electron chi connectivity index (χ4n) is 3.51. The topological polar surface area (TPSA) is 96.5 Å². The van der Waals surface area contributed by atoms with Crippen molar-refractivity contribution in [1.29, 1.82) is 0 Å². The average Bonchev–Trinajstić information content (AvgIpc) is 3.26. The van der Waals surface area contributed by atoms with Crippen molar-refractivity contribution >= 4 is 38.6 Å². The van der Waals surface area contributed by atoms with Crippen LogP contribution in [0.1, 0.15) is 38.6 Å². The number of fused-ring (bicyclic) bond motifs is 1. The fraction of sp³-hybridized carbons (Fsp3) is 0.211. The number of rotatable bonds is 3. The highest BCUT2D eigenvalue weighted by atomic mass is 32.1. The molecule has 7 heteroatoms. The van der Waals surface area contributed by atoms with E-state index < -0.39 is 5.97 Å². The zero-order valence-corrected chi connectivity index (χ0v) is 14.7. The number of thiazole rings is 1. The van der Waals surface area contributed by atoms with Gasteiger partial charge in [0.05, 0.1) is 15.8 Å². The first-order valence-electron chi connectivity index (χ1n) is 8.30. The monoisotopic (exact) mass is 367 g/mol. The van der Waals surface area contributed by atoms with Gasteiger partial charge in [-0.1, -0.05) is 29.5 Å². The molecule has 3 aromatic rings. The number of aromatic nitrogens is 1. The number of anilines is 1. The van der Waals surface area contributed by atoms with E-state index in [1.54, 1.807) is 29.2 Å². The van der Waals surface area contributed by atoms with Crippen molar-refractivity contribution in [2.75, 3.05) is 18.8 Å². The van der Waals surface area contributed by atoms with Gasteiger partial charge in [-0.3, -0.25) is 4.79 Å². The molecule has 26 heavy (non-hydrogen) atoms. The summed E-state index contributed by atoms with van der Waals surface area (Å²) >= 11 is 1.39. The van der Waals surface area contributed by atoms with Gasteiger partial charge < -0.3 is 15.7 Å². The zero-order valence-electron chi connectivity index (χ0n) is 13.9. The first-order valence-corrected chi connectivity index (χ1v) is 9.12. The predicted molar refractivity (Wildman–Crippen MR) is 101 cm³/mol. The number of nitrogens with two attached hydrogens (primary N) is 1. The van der Waals surface area contributed by atoms with Crippen LogP contribution in [-0.4, -0.2) is 40.0 Å². The Balaban J connectivity index is 1.56. The number of likely N-dealkylation sites (tertiary alicyclic amines) is 1. The summed E-state index contributed by atoms with van der Waals surface area (Å²) in [5.41, 5.74) is 8.13. The van der Waals surface area contributed by atoms with E-state index in [4.69, 9.17) is 5.73 Å². The Hall–Kier alpha value is -2.93. The summed E-state index contributed by atoms with van der Waals surface area (Å²) < 4.78 is 0.953. The van der Waals surface area contributed by atoms with Crippen LogP contribution in [0.4, 0.5) is 5.13 Å². The summed E-state index contributed by atoms with van der Waals surface area (Å²) in [5, 5.41) is 9.87. The van der Waals surface area contributed by atoms with E-state index in [0.717, 1.165) is 22.2 Å². The van der Waals surface area contributed by atoms with Gasteiger partial charge in [-0.2, -0.15) is 0 Å². The fourth-order valence-corrected chi connectivity index (χ4v) is 4.22. The molecule has 0 unspecified atom stereocenters. The molecule has 2 heterocycles. The maximum absolute atomic E-state index is 12.8. The third-order valence-electron chi connectivity index (χ3n) is 4.76. The van der Waals surface area contributed by atoms with Crippen LogP contribution in [0, 0.1) is 0 Å². The van der Waals surface area contributed by atoms with Crippen LogP contribution in [0.3, 0.4) is 0 Å². The van der Waals surface area contributed by atoms with Gasteiger partial charge >= 0.3 is 5.97 Å². The number of nitrogens with zero attached hydrogens (tertiary/aromatic N) is 2. The minimum atomic E-state index is -0.933. The molecule has 1 aromatic heterocycles. The molecule has 132 valence electrons. The lowest BCUT2D eigenvalue weighted by atomic mass is 9.93. The summed E-state index contributed by atoms with van der Waals surface area (Å²) in [4.78, 5) is 30.3. The molecule has 0 aliphatic carbocycles. The molecule has 1 saturated heterocycles. The van der Waals surface area contributed by atoms with E-state index in [0.29, 0.717) is 29.3 Å². The second-order valence-corrected chi connectivity index (χ2v) is 7.43. The van der Waals surface area contributed by atoms with Crippen LogP contribution >= 0.6 is 11.3 Å². The van der Waals surface area contributed by atoms with E-state index in [-0.39, 0.29) is 11.8 Å². The number of hydrogen-bond donors (Lipinski definition) is 2. The van der Waals surface area contributed by atoms with Gasteiger partial charge in [-0.25, -0.2) is 9.78 Å². The number of carboxylic acids is 1. The summed E-state index contributed by atoms with van der Waals surface area (Å²) in [6, 6.07) is 12.4. The Labute approximate surface area is 153 Å². The van der Waals surface area contributed by atoms with E-state index in [1.165, 1.54) is 11.3 Å². The van der Waals surface area contributed by atoms with Gasteiger partial charge in [-0.05, 0) is 36.2 Å². The Bertz CT molecular complexity index is 1010. The number of hydrogen-bond acceptors (Lipinski definition) is 5. The van der Waals surface area contributed by atoms with Crippen molar-refractivity contribution < 1.29 is 14.7 Å². The van der Waals surface area contributed by atoms with Crippen molar-refractivity contribution in [2.45, 2.75) is 12.3 Å². The smallest absolute Gasteiger partial charge is 0.335 e. The van der Waals surface area contributed by atoms with Crippen molar-refractivity contribution in [1.82, 2.24) is 9.88 Å². The van der Waals surface area contributed by atoms with Crippen LogP contribution in [-0.2, 0) is 0 Å². The normalized spacial score (nSPS) is 16.9. The quantitative estimate of drug-likeness (QED) is 0.741. The number of carbonyl (C=O) groups is 2. The summed E-state index contributed by atoms with van der Waals surface area (Å²) in [5.74, 6) is -0.962. The number of aromatic carboxylic acids is 1. The second kappa shape index (κ2) is 6.42. The largest absolute Gasteiger partial charge is 0.478 e. The zero-order chi connectivity index (χ0) is 18.3. The van der Waals surface area contributed by atoms with Crippen molar-refractivity contribution in [2.24, 2.45) is 0 Å². The lowest BCUT2D eigenvalue weighted by molar-refractivity contribution is 0.0695. The van der Waals surface area contributed by atoms with Crippen molar-refractivity contribution in [3.63, 3.8) is 0 Å². The molecule has 6 nitrogen and oxygen atoms in total. The Morgan fingerprint density at radius 3 is 2.85 bits per heavy atom. The van der Waals surface area contributed by atoms with E-state index in [2.05, 4.69) is 4.98 Å². The average molecular weight is 367 g/mol. The molecule has 1 fully saturated rings. The lowest BCUT2D eigenvalue weighted by Crippen LogP contribution is -2.28. The van der Waals surface area contributed by atoms with Crippen LogP contribution in [0.15, 0.2) is 42.5 Å². The number of nitrogen functional groups attached to an aromatic ring is 1. The van der Waals surface area contributed by atoms with E-state index in [9.17, 15) is 14.7 Å². The molecular formula is C19H17N3O3S. The van der Waals surface area contributed by atoms with Gasteiger partial charge in [0.15, 0.2) is 5.13 Å². The molecule has 0 spiro atoms. The van der Waals surface area contributed by atoms with Crippen LogP contribution in [0.25, 0.3) is 10.2 Å². The number of benzene rings is 2. The summed E-state index contributed by atoms with van der Waals surface area (Å²) in [6.07, 6.45) is 0.752. The van der Waals surface area contributed by atoms with Crippen molar-refractivity contribution in [3.05, 3.63) is 59.2 Å². The standard InChI is InChI=1S/C19H17N3O3S/c20-19-21-15-9-11(5-6-16(15)26-19)17(23)22-8-7-12(10-22)13-3-1-2-4-14(13)18(24)25/h1-6,9,12H,7-8,10H2,(H2,20,21)(H,24,25)/t12-/m1/s1. The Morgan fingerprint density at radius 2 is 2.04 bits per heavy atom. The molecule has 1 atom stereocenters. The minimum Gasteiger partial charge on any atom is -0.478 e. The maximum Gasteiger partial charge on any atom is 0.335 e. The SMILES string of the molecule is Nc1nc2cc(C(=O)N3CC[C@@H](c4ccccc4C(=O)O)C3)ccc2s1. The van der Waals surface area contributed by atoms with Gasteiger partial charge in [0.25, 0.3) is 5.91 Å². The van der Waals surface area contributed by atoms with E-state index in [1.807, 2.05) is 18.2 Å². The predicted octanol–water partition coefficient (Wildman–Crippen LogP) is 3.21. The summed E-state index contributed by atoms with van der Waals surface area (Å²) in [7, 11) is 0. The first kappa shape index (κ1) is 16.5. The molecule has 1 amide bonds. The molecule has 0 radical (unpaired) electrons. The van der Waals surface area contributed by atoms with E-state index >= 15 is 0 Å². The van der Waals surface area contributed by atoms with Gasteiger partial charge in [0, 0.05) is 24.6 Å². The van der Waals surface area contributed by atoms with Gasteiger partial charge in [0.1, 0.15) is 0 Å². The van der Waals surface area contributed by atoms with Crippen LogP contribution in [0.2, 0.25) is 0 Å². The van der Waals surface area contributed by atoms with Crippen molar-refractivity contribution in [3.8, 4) is 0 Å². The molecule has 2 aromatic carbocycles. The molecular weight excluding hydrogens is 350 g/mol. The lowest BCUT2D eigenvalue weighted by Gasteiger charge is -2.17. The highest BCUT2D eigenvalue weighted by Crippen LogP contribution is 2.31. The molecule has 4 rings (SSSR count). The first-order chi connectivity index (χ1) is 12.5. The highest BCUT2D eigenvalue weighted by molar-refractivity contribution is 7.22.